The molecule has 0 unspecified atom stereocenters. The van der Waals surface area contributed by atoms with Crippen molar-refractivity contribution in [1.29, 1.82) is 0 Å². The summed E-state index contributed by atoms with van der Waals surface area (Å²) < 4.78 is 0. The summed E-state index contributed by atoms with van der Waals surface area (Å²) in [6.07, 6.45) is 7.02. The van der Waals surface area contributed by atoms with Crippen molar-refractivity contribution >= 4 is 5.71 Å². The van der Waals surface area contributed by atoms with Gasteiger partial charge in [-0.3, -0.25) is 15.0 Å². The summed E-state index contributed by atoms with van der Waals surface area (Å²) in [5.41, 5.74) is 4.15. The molecule has 5 nitrogen and oxygen atoms in total. The highest BCUT2D eigenvalue weighted by atomic mass is 14.9. The van der Waals surface area contributed by atoms with Crippen LogP contribution in [0, 0.1) is 0 Å². The zero-order valence-corrected chi connectivity index (χ0v) is 15.1. The Balaban J connectivity index is 1.77. The fraction of sp³-hybridized carbons (Fsp3) is 0.350. The van der Waals surface area contributed by atoms with E-state index in [1.807, 2.05) is 49.6 Å². The molecule has 0 saturated heterocycles. The Kier molecular flexibility index (Phi) is 8.52. The van der Waals surface area contributed by atoms with Gasteiger partial charge < -0.3 is 10.6 Å². The van der Waals surface area contributed by atoms with Crippen LogP contribution in [-0.2, 0) is 19.6 Å². The van der Waals surface area contributed by atoms with Crippen LogP contribution in [0.2, 0.25) is 0 Å². The van der Waals surface area contributed by atoms with E-state index in [0.29, 0.717) is 0 Å². The van der Waals surface area contributed by atoms with Crippen molar-refractivity contribution in [2.24, 2.45) is 4.99 Å². The molecule has 0 spiro atoms. The molecule has 0 radical (unpaired) electrons. The van der Waals surface area contributed by atoms with Crippen LogP contribution in [0.1, 0.15) is 30.4 Å². The molecule has 0 aliphatic heterocycles. The highest BCUT2D eigenvalue weighted by molar-refractivity contribution is 5.96. The van der Waals surface area contributed by atoms with Crippen LogP contribution in [0.4, 0.5) is 0 Å². The molecule has 0 atom stereocenters. The maximum absolute atomic E-state index is 4.69. The Morgan fingerprint density at radius 1 is 1.00 bits per heavy atom. The van der Waals surface area contributed by atoms with Crippen LogP contribution in [-0.4, -0.2) is 29.3 Å². The summed E-state index contributed by atoms with van der Waals surface area (Å²) >= 11 is 0. The zero-order chi connectivity index (χ0) is 17.7. The SMILES string of the molecule is CC/C=C\C(CNCc1cccc(CNCc2ccccn2)n1)=NC. The molecule has 0 aliphatic carbocycles. The minimum atomic E-state index is 0.728. The number of nitrogens with zero attached hydrogens (tertiary/aromatic N) is 3. The summed E-state index contributed by atoms with van der Waals surface area (Å²) in [7, 11) is 1.82. The Labute approximate surface area is 150 Å². The molecule has 0 aromatic carbocycles. The molecule has 25 heavy (non-hydrogen) atoms. The number of nitrogens with one attached hydrogen (secondary N) is 2. The monoisotopic (exact) mass is 337 g/mol. The largest absolute Gasteiger partial charge is 0.306 e. The van der Waals surface area contributed by atoms with Crippen molar-refractivity contribution in [1.82, 2.24) is 20.6 Å². The maximum atomic E-state index is 4.69. The minimum absolute atomic E-state index is 0.728. The van der Waals surface area contributed by atoms with Gasteiger partial charge in [-0.1, -0.05) is 25.1 Å². The van der Waals surface area contributed by atoms with Gasteiger partial charge in [0.25, 0.3) is 0 Å². The lowest BCUT2D eigenvalue weighted by atomic mass is 10.2. The second-order valence-electron chi connectivity index (χ2n) is 5.67. The molecule has 0 fully saturated rings. The molecule has 2 aromatic rings. The van der Waals surface area contributed by atoms with Crippen molar-refractivity contribution in [2.75, 3.05) is 13.6 Å². The van der Waals surface area contributed by atoms with Gasteiger partial charge in [0.15, 0.2) is 0 Å². The van der Waals surface area contributed by atoms with Crippen molar-refractivity contribution in [3.63, 3.8) is 0 Å². The fourth-order valence-corrected chi connectivity index (χ4v) is 2.33. The first-order chi connectivity index (χ1) is 12.3. The molecule has 2 N–H and O–H groups in total. The lowest BCUT2D eigenvalue weighted by molar-refractivity contribution is 0.660. The van der Waals surface area contributed by atoms with Crippen molar-refractivity contribution in [3.05, 3.63) is 71.8 Å². The highest BCUT2D eigenvalue weighted by Crippen LogP contribution is 2.00. The van der Waals surface area contributed by atoms with Crippen molar-refractivity contribution < 1.29 is 0 Å². The van der Waals surface area contributed by atoms with Gasteiger partial charge >= 0.3 is 0 Å². The molecule has 2 aromatic heterocycles. The maximum Gasteiger partial charge on any atom is 0.0545 e. The number of rotatable bonds is 10. The predicted octanol–water partition coefficient (Wildman–Crippen LogP) is 2.89. The summed E-state index contributed by atoms with van der Waals surface area (Å²) in [6.45, 7) is 5.06. The molecule has 0 saturated carbocycles. The molecule has 0 amide bonds. The third kappa shape index (κ3) is 7.37. The van der Waals surface area contributed by atoms with Gasteiger partial charge in [-0.05, 0) is 36.8 Å². The third-order valence-corrected chi connectivity index (χ3v) is 3.65. The summed E-state index contributed by atoms with van der Waals surface area (Å²) in [5, 5.41) is 6.77. The summed E-state index contributed by atoms with van der Waals surface area (Å²) in [6, 6.07) is 12.1. The van der Waals surface area contributed by atoms with E-state index in [-0.39, 0.29) is 0 Å². The van der Waals surface area contributed by atoms with Crippen molar-refractivity contribution in [3.8, 4) is 0 Å². The van der Waals surface area contributed by atoms with Crippen LogP contribution in [0.25, 0.3) is 0 Å². The normalized spacial score (nSPS) is 12.0. The van der Waals surface area contributed by atoms with E-state index >= 15 is 0 Å². The number of allylic oxidation sites excluding steroid dienone is 1. The molecule has 0 aliphatic rings. The quantitative estimate of drug-likeness (QED) is 0.655. The standard InChI is InChI=1S/C20H27N5/c1-3-4-8-17(21-2)13-22-15-19-10-7-11-20(25-19)16-23-14-18-9-5-6-12-24-18/h4-12,22-23H,3,13-16H2,1-2H3/b8-4-,21-17?. The Hall–Kier alpha value is -2.37. The third-order valence-electron chi connectivity index (χ3n) is 3.65. The topological polar surface area (TPSA) is 62.2 Å². The number of aromatic nitrogens is 2. The Morgan fingerprint density at radius 2 is 1.72 bits per heavy atom. The zero-order valence-electron chi connectivity index (χ0n) is 15.1. The average molecular weight is 337 g/mol. The van der Waals surface area contributed by atoms with E-state index in [0.717, 1.165) is 55.4 Å². The summed E-state index contributed by atoms with van der Waals surface area (Å²) in [4.78, 5) is 13.3. The van der Waals surface area contributed by atoms with E-state index < -0.39 is 0 Å². The smallest absolute Gasteiger partial charge is 0.0545 e. The van der Waals surface area contributed by atoms with E-state index in [4.69, 9.17) is 0 Å². The first-order valence-electron chi connectivity index (χ1n) is 8.70. The Bertz CT molecular complexity index is 679. The number of aliphatic imine (C=N–C) groups is 1. The van der Waals surface area contributed by atoms with E-state index in [1.165, 1.54) is 0 Å². The molecule has 0 bridgehead atoms. The average Bonchev–Trinajstić information content (AvgIpc) is 2.66. The first kappa shape index (κ1) is 19.0. The molecule has 2 rings (SSSR count). The van der Waals surface area contributed by atoms with E-state index in [2.05, 4.69) is 44.7 Å². The molecule has 132 valence electrons. The van der Waals surface area contributed by atoms with Crippen LogP contribution in [0.15, 0.2) is 59.7 Å². The lowest BCUT2D eigenvalue weighted by Gasteiger charge is -2.08. The van der Waals surface area contributed by atoms with Crippen molar-refractivity contribution in [2.45, 2.75) is 33.0 Å². The van der Waals surface area contributed by atoms with Crippen LogP contribution >= 0.6 is 0 Å². The van der Waals surface area contributed by atoms with Gasteiger partial charge in [0, 0.05) is 45.1 Å². The number of pyridine rings is 2. The minimum Gasteiger partial charge on any atom is -0.306 e. The van der Waals surface area contributed by atoms with Crippen LogP contribution in [0.5, 0.6) is 0 Å². The van der Waals surface area contributed by atoms with Gasteiger partial charge in [-0.15, -0.1) is 0 Å². The second kappa shape index (κ2) is 11.2. The summed E-state index contributed by atoms with van der Waals surface area (Å²) in [5.74, 6) is 0. The lowest BCUT2D eigenvalue weighted by Crippen LogP contribution is -2.22. The Morgan fingerprint density at radius 3 is 2.40 bits per heavy atom. The van der Waals surface area contributed by atoms with Gasteiger partial charge in [-0.25, -0.2) is 0 Å². The van der Waals surface area contributed by atoms with Crippen LogP contribution in [0.3, 0.4) is 0 Å². The fourth-order valence-electron chi connectivity index (χ4n) is 2.33. The molecule has 2 heterocycles. The van der Waals surface area contributed by atoms with Gasteiger partial charge in [0.05, 0.1) is 17.1 Å². The van der Waals surface area contributed by atoms with Crippen LogP contribution < -0.4 is 10.6 Å². The second-order valence-corrected chi connectivity index (χ2v) is 5.67. The predicted molar refractivity (Wildman–Crippen MR) is 104 cm³/mol. The number of hydrogen-bond donors (Lipinski definition) is 2. The van der Waals surface area contributed by atoms with Gasteiger partial charge in [0.2, 0.25) is 0 Å². The molecular weight excluding hydrogens is 310 g/mol. The molecule has 5 heteroatoms. The van der Waals surface area contributed by atoms with Gasteiger partial charge in [-0.2, -0.15) is 0 Å². The highest BCUT2D eigenvalue weighted by Gasteiger charge is 2.00. The van der Waals surface area contributed by atoms with Gasteiger partial charge in [0.1, 0.15) is 0 Å². The van der Waals surface area contributed by atoms with E-state index in [1.54, 1.807) is 0 Å². The van der Waals surface area contributed by atoms with E-state index in [9.17, 15) is 0 Å². The number of hydrogen-bond acceptors (Lipinski definition) is 5. The first-order valence-corrected chi connectivity index (χ1v) is 8.70. The molecular formula is C20H27N5.